The Morgan fingerprint density at radius 3 is 2.10 bits per heavy atom. The largest absolute Gasteiger partial charge is 0.456 e. The molecule has 0 aliphatic heterocycles. The van der Waals surface area contributed by atoms with Gasteiger partial charge in [-0.25, -0.2) is 4.79 Å². The predicted molar refractivity (Wildman–Crippen MR) is 98.9 cm³/mol. The summed E-state index contributed by atoms with van der Waals surface area (Å²) in [6, 6.07) is 10.0. The third-order valence-electron chi connectivity index (χ3n) is 3.55. The summed E-state index contributed by atoms with van der Waals surface area (Å²) in [6.45, 7) is 5.16. The maximum absolute atomic E-state index is 13.1. The molecule has 2 N–H and O–H groups in total. The summed E-state index contributed by atoms with van der Waals surface area (Å²) in [6.07, 6.45) is -4.71. The van der Waals surface area contributed by atoms with Crippen LogP contribution < -0.4 is 10.9 Å². The van der Waals surface area contributed by atoms with Crippen LogP contribution in [0.4, 0.5) is 18.9 Å². The Bertz CT molecular complexity index is 956. The molecule has 0 heterocycles. The first-order valence-electron chi connectivity index (χ1n) is 8.42. The first-order chi connectivity index (χ1) is 13.4. The number of hydrogen-bond acceptors (Lipinski definition) is 5. The van der Waals surface area contributed by atoms with Crippen LogP contribution in [0.15, 0.2) is 42.5 Å². The Balaban J connectivity index is 2.10. The average Bonchev–Trinajstić information content (AvgIpc) is 2.64. The van der Waals surface area contributed by atoms with Gasteiger partial charge in [-0.05, 0) is 63.2 Å². The molecule has 9 heteroatoms. The van der Waals surface area contributed by atoms with E-state index in [0.717, 1.165) is 6.07 Å². The minimum atomic E-state index is -4.71. The molecule has 2 aromatic carbocycles. The van der Waals surface area contributed by atoms with E-state index in [4.69, 9.17) is 10.00 Å². The maximum atomic E-state index is 13.1. The maximum Gasteiger partial charge on any atom is 0.418 e. The number of benzene rings is 2. The minimum absolute atomic E-state index is 0.118. The molecule has 0 aromatic heterocycles. The van der Waals surface area contributed by atoms with E-state index in [9.17, 15) is 22.8 Å². The minimum Gasteiger partial charge on any atom is -0.456 e. The van der Waals surface area contributed by atoms with Crippen molar-refractivity contribution in [2.75, 3.05) is 5.43 Å². The third kappa shape index (κ3) is 5.97. The Morgan fingerprint density at radius 2 is 1.59 bits per heavy atom. The zero-order valence-electron chi connectivity index (χ0n) is 15.8. The number of rotatable bonds is 4. The first kappa shape index (κ1) is 21.8. The van der Waals surface area contributed by atoms with Gasteiger partial charge < -0.3 is 4.74 Å². The molecule has 0 bridgehead atoms. The second kappa shape index (κ2) is 8.22. The lowest BCUT2D eigenvalue weighted by Crippen LogP contribution is -2.30. The molecule has 6 nitrogen and oxygen atoms in total. The number of nitriles is 1. The molecule has 0 fully saturated rings. The summed E-state index contributed by atoms with van der Waals surface area (Å²) in [7, 11) is 0. The number of amides is 1. The molecular formula is C20H18F3N3O3. The Hall–Kier alpha value is -3.54. The highest BCUT2D eigenvalue weighted by atomic mass is 19.4. The highest BCUT2D eigenvalue weighted by Crippen LogP contribution is 2.35. The van der Waals surface area contributed by atoms with E-state index in [-0.39, 0.29) is 16.7 Å². The molecular weight excluding hydrogens is 387 g/mol. The van der Waals surface area contributed by atoms with Crippen LogP contribution in [0.2, 0.25) is 0 Å². The molecule has 0 radical (unpaired) electrons. The fraction of sp³-hybridized carbons (Fsp3) is 0.250. The molecule has 0 aliphatic carbocycles. The number of anilines is 1. The SMILES string of the molecule is CC(C)(C)OC(=O)c1ccc(C(=O)NNc2ccc(C#N)cc2C(F)(F)F)cc1. The van der Waals surface area contributed by atoms with Crippen molar-refractivity contribution in [1.29, 1.82) is 5.26 Å². The van der Waals surface area contributed by atoms with Crippen molar-refractivity contribution in [2.24, 2.45) is 0 Å². The fourth-order valence-corrected chi connectivity index (χ4v) is 2.25. The molecule has 0 saturated carbocycles. The number of halogens is 3. The monoisotopic (exact) mass is 405 g/mol. The number of hydrogen-bond donors (Lipinski definition) is 2. The number of esters is 1. The van der Waals surface area contributed by atoms with Crippen molar-refractivity contribution in [3.63, 3.8) is 0 Å². The predicted octanol–water partition coefficient (Wildman–Crippen LogP) is 4.29. The van der Waals surface area contributed by atoms with Gasteiger partial charge in [-0.3, -0.25) is 15.6 Å². The van der Waals surface area contributed by atoms with Crippen LogP contribution in [0, 0.1) is 11.3 Å². The van der Waals surface area contributed by atoms with Gasteiger partial charge in [0.25, 0.3) is 5.91 Å². The van der Waals surface area contributed by atoms with Gasteiger partial charge in [0.2, 0.25) is 0 Å². The second-order valence-electron chi connectivity index (χ2n) is 7.03. The first-order valence-corrected chi connectivity index (χ1v) is 8.42. The summed E-state index contributed by atoms with van der Waals surface area (Å²) in [5.74, 6) is -1.27. The Labute approximate surface area is 165 Å². The number of hydrazine groups is 1. The van der Waals surface area contributed by atoms with Gasteiger partial charge in [0, 0.05) is 5.56 Å². The van der Waals surface area contributed by atoms with Crippen molar-refractivity contribution in [3.05, 3.63) is 64.7 Å². The standard InChI is InChI=1S/C20H18F3N3O3/c1-19(2,3)29-18(28)14-7-5-13(6-8-14)17(27)26-25-16-9-4-12(11-24)10-15(16)20(21,22)23/h4-10,25H,1-3H3,(H,26,27). The number of nitrogens with one attached hydrogen (secondary N) is 2. The summed E-state index contributed by atoms with van der Waals surface area (Å²) < 4.78 is 44.6. The van der Waals surface area contributed by atoms with Crippen LogP contribution in [-0.2, 0) is 10.9 Å². The van der Waals surface area contributed by atoms with Gasteiger partial charge in [0.15, 0.2) is 0 Å². The zero-order chi connectivity index (χ0) is 21.8. The molecule has 0 atom stereocenters. The zero-order valence-corrected chi connectivity index (χ0v) is 15.8. The molecule has 1 amide bonds. The van der Waals surface area contributed by atoms with E-state index in [1.54, 1.807) is 26.8 Å². The quantitative estimate of drug-likeness (QED) is 0.585. The van der Waals surface area contributed by atoms with Crippen molar-refractivity contribution in [2.45, 2.75) is 32.5 Å². The summed E-state index contributed by atoms with van der Waals surface area (Å²) in [5, 5.41) is 8.77. The van der Waals surface area contributed by atoms with Crippen molar-refractivity contribution in [3.8, 4) is 6.07 Å². The normalized spacial score (nSPS) is 11.3. The molecule has 0 unspecified atom stereocenters. The molecule has 0 saturated heterocycles. The van der Waals surface area contributed by atoms with E-state index < -0.39 is 34.9 Å². The lowest BCUT2D eigenvalue weighted by molar-refractivity contribution is -0.137. The second-order valence-corrected chi connectivity index (χ2v) is 7.03. The van der Waals surface area contributed by atoms with Gasteiger partial charge in [0.1, 0.15) is 5.60 Å². The van der Waals surface area contributed by atoms with Gasteiger partial charge in [0.05, 0.1) is 28.4 Å². The average molecular weight is 405 g/mol. The van der Waals surface area contributed by atoms with E-state index in [1.807, 2.05) is 0 Å². The van der Waals surface area contributed by atoms with Crippen LogP contribution >= 0.6 is 0 Å². The summed E-state index contributed by atoms with van der Waals surface area (Å²) in [4.78, 5) is 24.2. The number of carbonyl (C=O) groups excluding carboxylic acids is 2. The number of carbonyl (C=O) groups is 2. The fourth-order valence-electron chi connectivity index (χ4n) is 2.25. The highest BCUT2D eigenvalue weighted by molar-refractivity contribution is 5.96. The lowest BCUT2D eigenvalue weighted by Gasteiger charge is -2.19. The Morgan fingerprint density at radius 1 is 1.00 bits per heavy atom. The van der Waals surface area contributed by atoms with Gasteiger partial charge in [-0.1, -0.05) is 0 Å². The van der Waals surface area contributed by atoms with Crippen LogP contribution in [0.3, 0.4) is 0 Å². The smallest absolute Gasteiger partial charge is 0.418 e. The molecule has 29 heavy (non-hydrogen) atoms. The Kier molecular flexibility index (Phi) is 6.17. The molecule has 152 valence electrons. The number of nitrogens with zero attached hydrogens (tertiary/aromatic N) is 1. The van der Waals surface area contributed by atoms with Gasteiger partial charge in [-0.15, -0.1) is 0 Å². The van der Waals surface area contributed by atoms with Crippen molar-refractivity contribution in [1.82, 2.24) is 5.43 Å². The summed E-state index contributed by atoms with van der Waals surface area (Å²) >= 11 is 0. The topological polar surface area (TPSA) is 91.2 Å². The van der Waals surface area contributed by atoms with Gasteiger partial charge in [-0.2, -0.15) is 18.4 Å². The molecule has 0 spiro atoms. The van der Waals surface area contributed by atoms with Crippen molar-refractivity contribution >= 4 is 17.6 Å². The van der Waals surface area contributed by atoms with Crippen LogP contribution in [0.1, 0.15) is 52.6 Å². The van der Waals surface area contributed by atoms with Crippen LogP contribution in [0.25, 0.3) is 0 Å². The van der Waals surface area contributed by atoms with E-state index in [2.05, 4.69) is 10.9 Å². The molecule has 0 aliphatic rings. The molecule has 2 rings (SSSR count). The van der Waals surface area contributed by atoms with Crippen LogP contribution in [0.5, 0.6) is 0 Å². The number of alkyl halides is 3. The highest BCUT2D eigenvalue weighted by Gasteiger charge is 2.34. The van der Waals surface area contributed by atoms with E-state index in [0.29, 0.717) is 6.07 Å². The van der Waals surface area contributed by atoms with Crippen LogP contribution in [-0.4, -0.2) is 17.5 Å². The van der Waals surface area contributed by atoms with E-state index >= 15 is 0 Å². The molecule has 2 aromatic rings. The summed E-state index contributed by atoms with van der Waals surface area (Å²) in [5.41, 5.74) is 2.41. The van der Waals surface area contributed by atoms with Gasteiger partial charge >= 0.3 is 12.1 Å². The van der Waals surface area contributed by atoms with Crippen molar-refractivity contribution < 1.29 is 27.5 Å². The third-order valence-corrected chi connectivity index (χ3v) is 3.55. The number of ether oxygens (including phenoxy) is 1. The van der Waals surface area contributed by atoms with E-state index in [1.165, 1.54) is 30.3 Å². The lowest BCUT2D eigenvalue weighted by atomic mass is 10.1.